The minimum Gasteiger partial charge on any atom is -0.378 e. The van der Waals surface area contributed by atoms with Gasteiger partial charge in [0.2, 0.25) is 0 Å². The van der Waals surface area contributed by atoms with E-state index in [0.717, 1.165) is 11.0 Å². The number of hydrogen-bond acceptors (Lipinski definition) is 7. The maximum atomic E-state index is 13.3. The average molecular weight is 637 g/mol. The van der Waals surface area contributed by atoms with Gasteiger partial charge in [-0.1, -0.05) is 0 Å². The summed E-state index contributed by atoms with van der Waals surface area (Å²) in [4.78, 5) is 40.8. The fourth-order valence-electron chi connectivity index (χ4n) is 5.74. The molecule has 3 amide bonds. The second-order valence-corrected chi connectivity index (χ2v) is 11.7. The smallest absolute Gasteiger partial charge is 0.378 e. The number of nitrogens with one attached hydrogen (secondary N) is 2. The van der Waals surface area contributed by atoms with Crippen molar-refractivity contribution in [3.8, 4) is 11.4 Å². The SMILES string of the molecule is CN(C)C1CCN(C(=O)c2ccc(NC(=O)Nc3ccc(-c4nc(N5CCOCC5)c5ccn(CC(F)(F)F)c5n4)cc3)cc2)C1. The van der Waals surface area contributed by atoms with Gasteiger partial charge in [0.25, 0.3) is 5.91 Å². The quantitative estimate of drug-likeness (QED) is 0.297. The van der Waals surface area contributed by atoms with Crippen LogP contribution in [0.3, 0.4) is 0 Å². The summed E-state index contributed by atoms with van der Waals surface area (Å²) in [6.45, 7) is 2.34. The highest BCUT2D eigenvalue weighted by molar-refractivity contribution is 6.00. The Labute approximate surface area is 263 Å². The van der Waals surface area contributed by atoms with Gasteiger partial charge < -0.3 is 34.6 Å². The minimum atomic E-state index is -4.41. The fourth-order valence-corrected chi connectivity index (χ4v) is 5.74. The molecule has 0 aliphatic carbocycles. The van der Waals surface area contributed by atoms with Gasteiger partial charge in [0, 0.05) is 60.9 Å². The van der Waals surface area contributed by atoms with Crippen LogP contribution in [-0.4, -0.2) is 102 Å². The number of fused-ring (bicyclic) bond motifs is 1. The van der Waals surface area contributed by atoms with E-state index in [1.165, 1.54) is 6.20 Å². The molecule has 242 valence electrons. The Hall–Kier alpha value is -4.69. The summed E-state index contributed by atoms with van der Waals surface area (Å²) in [6.07, 6.45) is -2.09. The van der Waals surface area contributed by atoms with Crippen LogP contribution in [0.1, 0.15) is 16.8 Å². The normalized spacial score (nSPS) is 17.1. The summed E-state index contributed by atoms with van der Waals surface area (Å²) < 4.78 is 46.5. The van der Waals surface area contributed by atoms with Crippen LogP contribution in [0, 0.1) is 0 Å². The fraction of sp³-hybridized carbons (Fsp3) is 0.375. The summed E-state index contributed by atoms with van der Waals surface area (Å²) >= 11 is 0. The van der Waals surface area contributed by atoms with Crippen LogP contribution in [0.5, 0.6) is 0 Å². The van der Waals surface area contributed by atoms with Crippen molar-refractivity contribution in [2.45, 2.75) is 25.2 Å². The van der Waals surface area contributed by atoms with Gasteiger partial charge in [0.15, 0.2) is 5.82 Å². The summed E-state index contributed by atoms with van der Waals surface area (Å²) in [7, 11) is 4.03. The van der Waals surface area contributed by atoms with E-state index < -0.39 is 18.8 Å². The molecule has 0 bridgehead atoms. The van der Waals surface area contributed by atoms with E-state index in [9.17, 15) is 22.8 Å². The van der Waals surface area contributed by atoms with Crippen LogP contribution in [0.25, 0.3) is 22.4 Å². The van der Waals surface area contributed by atoms with Crippen LogP contribution in [0.2, 0.25) is 0 Å². The van der Waals surface area contributed by atoms with Crippen LogP contribution in [0.15, 0.2) is 60.8 Å². The van der Waals surface area contributed by atoms with Gasteiger partial charge in [-0.25, -0.2) is 14.8 Å². The lowest BCUT2D eigenvalue weighted by molar-refractivity contribution is -0.139. The number of amides is 3. The van der Waals surface area contributed by atoms with Crippen molar-refractivity contribution in [2.24, 2.45) is 0 Å². The molecule has 1 unspecified atom stereocenters. The van der Waals surface area contributed by atoms with E-state index in [4.69, 9.17) is 9.72 Å². The number of morpholine rings is 1. The van der Waals surface area contributed by atoms with Crippen molar-refractivity contribution in [3.63, 3.8) is 0 Å². The molecule has 2 aliphatic rings. The summed E-state index contributed by atoms with van der Waals surface area (Å²) in [5.74, 6) is 0.791. The summed E-state index contributed by atoms with van der Waals surface area (Å²) in [5.41, 5.74) is 2.35. The Kier molecular flexibility index (Phi) is 8.82. The molecule has 2 saturated heterocycles. The summed E-state index contributed by atoms with van der Waals surface area (Å²) in [5, 5.41) is 6.07. The van der Waals surface area contributed by atoms with Gasteiger partial charge in [-0.05, 0) is 75.1 Å². The van der Waals surface area contributed by atoms with Gasteiger partial charge in [-0.15, -0.1) is 0 Å². The van der Waals surface area contributed by atoms with Gasteiger partial charge in [0.05, 0.1) is 18.6 Å². The Bertz CT molecular complexity index is 1700. The lowest BCUT2D eigenvalue weighted by atomic mass is 10.2. The maximum Gasteiger partial charge on any atom is 0.406 e. The predicted molar refractivity (Wildman–Crippen MR) is 169 cm³/mol. The Balaban J connectivity index is 1.13. The van der Waals surface area contributed by atoms with Crippen molar-refractivity contribution >= 4 is 40.2 Å². The van der Waals surface area contributed by atoms with Gasteiger partial charge >= 0.3 is 12.2 Å². The van der Waals surface area contributed by atoms with Crippen molar-refractivity contribution in [1.29, 1.82) is 0 Å². The topological polar surface area (TPSA) is 108 Å². The molecule has 2 aromatic carbocycles. The number of urea groups is 1. The third kappa shape index (κ3) is 7.07. The first-order chi connectivity index (χ1) is 22.0. The van der Waals surface area contributed by atoms with Crippen LogP contribution in [-0.2, 0) is 11.3 Å². The van der Waals surface area contributed by atoms with E-state index in [0.29, 0.717) is 79.1 Å². The van der Waals surface area contributed by atoms with Gasteiger partial charge in [-0.3, -0.25) is 4.79 Å². The zero-order valence-corrected chi connectivity index (χ0v) is 25.5. The molecule has 4 aromatic rings. The van der Waals surface area contributed by atoms with E-state index in [-0.39, 0.29) is 17.4 Å². The number of likely N-dealkylation sites (tertiary alicyclic amines) is 1. The molecular formula is C32H35F3N8O3. The third-order valence-corrected chi connectivity index (χ3v) is 8.23. The summed E-state index contributed by atoms with van der Waals surface area (Å²) in [6, 6.07) is 15.0. The lowest BCUT2D eigenvalue weighted by Gasteiger charge is -2.28. The second kappa shape index (κ2) is 13.0. The van der Waals surface area contributed by atoms with E-state index in [1.54, 1.807) is 54.6 Å². The van der Waals surface area contributed by atoms with Crippen molar-refractivity contribution in [1.82, 2.24) is 24.3 Å². The average Bonchev–Trinajstić information content (AvgIpc) is 3.69. The molecule has 2 N–H and O–H groups in total. The number of carbonyl (C=O) groups excluding carboxylic acids is 2. The van der Waals surface area contributed by atoms with E-state index in [1.807, 2.05) is 23.9 Å². The first-order valence-electron chi connectivity index (χ1n) is 15.0. The van der Waals surface area contributed by atoms with E-state index in [2.05, 4.69) is 20.5 Å². The number of likely N-dealkylation sites (N-methyl/N-ethyl adjacent to an activating group) is 1. The van der Waals surface area contributed by atoms with Gasteiger partial charge in [-0.2, -0.15) is 13.2 Å². The molecule has 0 radical (unpaired) electrons. The maximum absolute atomic E-state index is 13.3. The molecule has 2 aliphatic heterocycles. The number of rotatable bonds is 7. The van der Waals surface area contributed by atoms with Crippen molar-refractivity contribution in [3.05, 3.63) is 66.4 Å². The molecule has 14 heteroatoms. The van der Waals surface area contributed by atoms with Crippen LogP contribution < -0.4 is 15.5 Å². The molecule has 2 fully saturated rings. The Morgan fingerprint density at radius 1 is 0.935 bits per heavy atom. The largest absolute Gasteiger partial charge is 0.406 e. The molecule has 0 saturated carbocycles. The standard InChI is InChI=1S/C32H35F3N8O3/c1-40(2)25-11-13-42(19-25)30(44)22-5-9-24(10-6-22)37-31(45)36-23-7-3-21(4-8-23)27-38-28(41-15-17-46-18-16-41)26-12-14-43(29(26)39-27)20-32(33,34)35/h3-10,12,14,25H,11,13,15-20H2,1-2H3,(H2,36,37,45). The number of aromatic nitrogens is 3. The number of ether oxygens (including phenoxy) is 1. The van der Waals surface area contributed by atoms with E-state index >= 15 is 0 Å². The first kappa shape index (κ1) is 31.3. The zero-order valence-electron chi connectivity index (χ0n) is 25.5. The monoisotopic (exact) mass is 636 g/mol. The Morgan fingerprint density at radius 3 is 2.20 bits per heavy atom. The number of benzene rings is 2. The lowest BCUT2D eigenvalue weighted by Crippen LogP contribution is -2.37. The molecule has 0 spiro atoms. The van der Waals surface area contributed by atoms with Crippen molar-refractivity contribution in [2.75, 3.05) is 69.0 Å². The molecule has 4 heterocycles. The number of anilines is 3. The first-order valence-corrected chi connectivity index (χ1v) is 15.0. The van der Waals surface area contributed by atoms with Gasteiger partial charge in [0.1, 0.15) is 18.0 Å². The predicted octanol–water partition coefficient (Wildman–Crippen LogP) is 4.92. The number of nitrogens with zero attached hydrogens (tertiary/aromatic N) is 6. The molecule has 11 nitrogen and oxygen atoms in total. The second-order valence-electron chi connectivity index (χ2n) is 11.7. The number of alkyl halides is 3. The highest BCUT2D eigenvalue weighted by Crippen LogP contribution is 2.31. The highest BCUT2D eigenvalue weighted by atomic mass is 19.4. The van der Waals surface area contributed by atoms with Crippen molar-refractivity contribution < 1.29 is 27.5 Å². The molecule has 2 aromatic heterocycles. The molecule has 6 rings (SSSR count). The number of carbonyl (C=O) groups is 2. The number of hydrogen-bond donors (Lipinski definition) is 2. The molecular weight excluding hydrogens is 601 g/mol. The molecule has 1 atom stereocenters. The van der Waals surface area contributed by atoms with Crippen LogP contribution >= 0.6 is 0 Å². The minimum absolute atomic E-state index is 0.0332. The highest BCUT2D eigenvalue weighted by Gasteiger charge is 2.30. The zero-order chi connectivity index (χ0) is 32.4. The Morgan fingerprint density at radius 2 is 1.59 bits per heavy atom. The third-order valence-electron chi connectivity index (χ3n) is 8.23. The van der Waals surface area contributed by atoms with Crippen LogP contribution in [0.4, 0.5) is 35.2 Å². The molecule has 46 heavy (non-hydrogen) atoms. The number of halogens is 3.